The molecule has 2 aromatic carbocycles. The molecule has 180 valence electrons. The van der Waals surface area contributed by atoms with Gasteiger partial charge < -0.3 is 30.1 Å². The molecule has 0 radical (unpaired) electrons. The maximum absolute atomic E-state index is 12.4. The lowest BCUT2D eigenvalue weighted by atomic mass is 10.1. The fourth-order valence-corrected chi connectivity index (χ4v) is 2.80. The predicted octanol–water partition coefficient (Wildman–Crippen LogP) is 2.91. The molecule has 2 amide bonds. The molecule has 0 saturated carbocycles. The maximum atomic E-state index is 12.4. The quantitative estimate of drug-likeness (QED) is 0.467. The van der Waals surface area contributed by atoms with E-state index in [-0.39, 0.29) is 12.1 Å². The van der Waals surface area contributed by atoms with Crippen molar-refractivity contribution in [2.45, 2.75) is 19.9 Å². The molecule has 0 bridgehead atoms. The molecule has 0 aliphatic heterocycles. The number of carboxylic acid groups (broad SMARTS) is 2. The van der Waals surface area contributed by atoms with Crippen molar-refractivity contribution < 1.29 is 29.3 Å². The minimum absolute atomic E-state index is 0.0432. The van der Waals surface area contributed by atoms with Gasteiger partial charge in [-0.15, -0.1) is 0 Å². The summed E-state index contributed by atoms with van der Waals surface area (Å²) < 4.78 is 5.96. The molecule has 0 atom stereocenters. The first-order chi connectivity index (χ1) is 15.6. The first kappa shape index (κ1) is 27.4. The van der Waals surface area contributed by atoms with Gasteiger partial charge >= 0.3 is 18.0 Å². The summed E-state index contributed by atoms with van der Waals surface area (Å²) in [7, 11) is 3.98. The number of nitrogens with zero attached hydrogens (tertiary/aromatic N) is 2. The van der Waals surface area contributed by atoms with Crippen LogP contribution in [0.5, 0.6) is 5.75 Å². The van der Waals surface area contributed by atoms with E-state index in [9.17, 15) is 14.4 Å². The Balaban J connectivity index is 0.000000582. The van der Waals surface area contributed by atoms with Gasteiger partial charge in [-0.3, -0.25) is 0 Å². The van der Waals surface area contributed by atoms with Crippen molar-refractivity contribution in [3.8, 4) is 5.75 Å². The molecule has 3 N–H and O–H groups in total. The van der Waals surface area contributed by atoms with Crippen LogP contribution in [0, 0.1) is 0 Å². The van der Waals surface area contributed by atoms with Crippen molar-refractivity contribution in [1.82, 2.24) is 15.1 Å². The predicted molar refractivity (Wildman–Crippen MR) is 128 cm³/mol. The molecule has 0 aliphatic carbocycles. The van der Waals surface area contributed by atoms with Gasteiger partial charge in [-0.2, -0.15) is 0 Å². The monoisotopic (exact) mass is 459 g/mol. The Hall–Kier alpha value is -3.59. The average molecular weight is 460 g/mol. The zero-order chi connectivity index (χ0) is 24.8. The van der Waals surface area contributed by atoms with Crippen LogP contribution in [0.15, 0.2) is 54.6 Å². The number of urea groups is 1. The van der Waals surface area contributed by atoms with Crippen molar-refractivity contribution >= 4 is 28.7 Å². The van der Waals surface area contributed by atoms with Crippen molar-refractivity contribution in [2.75, 3.05) is 40.3 Å². The summed E-state index contributed by atoms with van der Waals surface area (Å²) in [5.41, 5.74) is 0. The number of fused-ring (bicyclic) bond motifs is 1. The van der Waals surface area contributed by atoms with E-state index in [0.717, 1.165) is 23.1 Å². The van der Waals surface area contributed by atoms with E-state index >= 15 is 0 Å². The van der Waals surface area contributed by atoms with Crippen LogP contribution in [-0.2, 0) is 9.59 Å². The highest BCUT2D eigenvalue weighted by molar-refractivity contribution is 5.89. The van der Waals surface area contributed by atoms with Gasteiger partial charge in [0, 0.05) is 36.7 Å². The van der Waals surface area contributed by atoms with E-state index in [1.54, 1.807) is 4.90 Å². The van der Waals surface area contributed by atoms with Crippen LogP contribution in [-0.4, -0.2) is 84.4 Å². The highest BCUT2D eigenvalue weighted by atomic mass is 16.5. The highest BCUT2D eigenvalue weighted by Gasteiger charge is 2.16. The zero-order valence-corrected chi connectivity index (χ0v) is 19.5. The molecule has 0 unspecified atom stereocenters. The maximum Gasteiger partial charge on any atom is 0.328 e. The van der Waals surface area contributed by atoms with E-state index in [1.165, 1.54) is 0 Å². The Labute approximate surface area is 194 Å². The Morgan fingerprint density at radius 3 is 2.15 bits per heavy atom. The first-order valence-corrected chi connectivity index (χ1v) is 10.6. The smallest absolute Gasteiger partial charge is 0.328 e. The van der Waals surface area contributed by atoms with Crippen molar-refractivity contribution in [3.05, 3.63) is 54.6 Å². The van der Waals surface area contributed by atoms with Crippen LogP contribution in [0.1, 0.15) is 13.8 Å². The lowest BCUT2D eigenvalue weighted by molar-refractivity contribution is -0.134. The van der Waals surface area contributed by atoms with Crippen LogP contribution in [0.3, 0.4) is 0 Å². The lowest BCUT2D eigenvalue weighted by Gasteiger charge is -2.27. The number of hydrogen-bond acceptors (Lipinski definition) is 5. The van der Waals surface area contributed by atoms with Gasteiger partial charge in [0.05, 0.1) is 6.54 Å². The number of hydrogen-bond donors (Lipinski definition) is 3. The second-order valence-electron chi connectivity index (χ2n) is 7.66. The molecule has 9 heteroatoms. The van der Waals surface area contributed by atoms with Crippen LogP contribution >= 0.6 is 0 Å². The summed E-state index contributed by atoms with van der Waals surface area (Å²) in [5, 5.41) is 20.8. The van der Waals surface area contributed by atoms with Crippen LogP contribution in [0.2, 0.25) is 0 Å². The molecule has 0 aliphatic rings. The Morgan fingerprint density at radius 1 is 0.970 bits per heavy atom. The molecular formula is C24H33N3O6. The van der Waals surface area contributed by atoms with Gasteiger partial charge in [-0.05, 0) is 39.4 Å². The summed E-state index contributed by atoms with van der Waals surface area (Å²) in [6.45, 7) is 6.51. The molecule has 0 saturated heterocycles. The standard InChI is InChI=1S/C20H29N3O2.C4H4O4/c1-16(2)23(20(24)21-12-13-22(3)4)14-15-25-19-11-7-9-17-8-5-6-10-18(17)19;5-3(6)1-2-4(7)8/h5-11,16H,12-15H2,1-4H3,(H,21,24);1-2H,(H,5,6)(H,7,8)/b;2-1-. The third-order valence-corrected chi connectivity index (χ3v) is 4.43. The molecule has 2 rings (SSSR count). The summed E-state index contributed by atoms with van der Waals surface area (Å²) in [4.78, 5) is 35.3. The Bertz CT molecular complexity index is 921. The third-order valence-electron chi connectivity index (χ3n) is 4.43. The number of carboxylic acids is 2. The molecule has 33 heavy (non-hydrogen) atoms. The third kappa shape index (κ3) is 11.0. The number of rotatable bonds is 10. The molecule has 0 aromatic heterocycles. The Kier molecular flexibility index (Phi) is 12.0. The number of nitrogens with one attached hydrogen (secondary N) is 1. The number of benzene rings is 2. The largest absolute Gasteiger partial charge is 0.491 e. The van der Waals surface area contributed by atoms with Gasteiger partial charge in [0.1, 0.15) is 12.4 Å². The van der Waals surface area contributed by atoms with Gasteiger partial charge in [-0.1, -0.05) is 36.4 Å². The second kappa shape index (κ2) is 14.5. The topological polar surface area (TPSA) is 119 Å². The highest BCUT2D eigenvalue weighted by Crippen LogP contribution is 2.25. The number of ether oxygens (including phenoxy) is 1. The Morgan fingerprint density at radius 2 is 1.58 bits per heavy atom. The summed E-state index contributed by atoms with van der Waals surface area (Å²) in [6, 6.07) is 14.3. The minimum Gasteiger partial charge on any atom is -0.491 e. The first-order valence-electron chi connectivity index (χ1n) is 10.6. The second-order valence-corrected chi connectivity index (χ2v) is 7.66. The normalized spacial score (nSPS) is 10.7. The fraction of sp³-hybridized carbons (Fsp3) is 0.375. The van der Waals surface area contributed by atoms with E-state index in [4.69, 9.17) is 14.9 Å². The van der Waals surface area contributed by atoms with Crippen molar-refractivity contribution in [3.63, 3.8) is 0 Å². The van der Waals surface area contributed by atoms with Crippen molar-refractivity contribution in [2.24, 2.45) is 0 Å². The van der Waals surface area contributed by atoms with Gasteiger partial charge in [-0.25, -0.2) is 14.4 Å². The molecule has 9 nitrogen and oxygen atoms in total. The minimum atomic E-state index is -1.26. The number of aliphatic carboxylic acids is 2. The zero-order valence-electron chi connectivity index (χ0n) is 19.5. The molecule has 0 fully saturated rings. The van der Waals surface area contributed by atoms with Crippen LogP contribution < -0.4 is 10.1 Å². The van der Waals surface area contributed by atoms with Crippen LogP contribution in [0.25, 0.3) is 10.8 Å². The number of likely N-dealkylation sites (N-methyl/N-ethyl adjacent to an activating group) is 1. The SMILES string of the molecule is CC(C)N(CCOc1cccc2ccccc12)C(=O)NCCN(C)C.O=C(O)/C=C\C(=O)O. The summed E-state index contributed by atoms with van der Waals surface area (Å²) in [6.07, 6.45) is 1.12. The number of amides is 2. The van der Waals surface area contributed by atoms with Crippen LogP contribution in [0.4, 0.5) is 4.79 Å². The summed E-state index contributed by atoms with van der Waals surface area (Å²) >= 11 is 0. The summed E-state index contributed by atoms with van der Waals surface area (Å²) in [5.74, 6) is -1.66. The molecule has 0 spiro atoms. The van der Waals surface area contributed by atoms with Gasteiger partial charge in [0.2, 0.25) is 0 Å². The number of carbonyl (C=O) groups excluding carboxylic acids is 1. The molecule has 0 heterocycles. The molecular weight excluding hydrogens is 426 g/mol. The molecule has 2 aromatic rings. The van der Waals surface area contributed by atoms with E-state index in [0.29, 0.717) is 31.8 Å². The van der Waals surface area contributed by atoms with E-state index < -0.39 is 11.9 Å². The van der Waals surface area contributed by atoms with Gasteiger partial charge in [0.15, 0.2) is 0 Å². The van der Waals surface area contributed by atoms with E-state index in [2.05, 4.69) is 23.5 Å². The fourth-order valence-electron chi connectivity index (χ4n) is 2.80. The lowest BCUT2D eigenvalue weighted by Crippen LogP contribution is -2.47. The van der Waals surface area contributed by atoms with Crippen molar-refractivity contribution in [1.29, 1.82) is 0 Å². The van der Waals surface area contributed by atoms with E-state index in [1.807, 2.05) is 57.1 Å². The average Bonchev–Trinajstić information content (AvgIpc) is 2.75. The number of carbonyl (C=O) groups is 3. The van der Waals surface area contributed by atoms with Gasteiger partial charge in [0.25, 0.3) is 0 Å².